The Morgan fingerprint density at radius 3 is 2.83 bits per heavy atom. The van der Waals surface area contributed by atoms with E-state index < -0.39 is 0 Å². The smallest absolute Gasteiger partial charge is 0.230 e. The molecule has 0 radical (unpaired) electrons. The first kappa shape index (κ1) is 20.1. The van der Waals surface area contributed by atoms with Gasteiger partial charge in [-0.25, -0.2) is 4.68 Å². The zero-order valence-corrected chi connectivity index (χ0v) is 18.7. The number of fused-ring (bicyclic) bond motifs is 1. The Bertz CT molecular complexity index is 1040. The maximum Gasteiger partial charge on any atom is 0.230 e. The first-order valence-corrected chi connectivity index (χ1v) is 11.5. The lowest BCUT2D eigenvalue weighted by molar-refractivity contribution is -0.119. The summed E-state index contributed by atoms with van der Waals surface area (Å²) in [4.78, 5) is 12.6. The van der Waals surface area contributed by atoms with Crippen LogP contribution in [0.4, 0.5) is 0 Å². The van der Waals surface area contributed by atoms with E-state index in [1.165, 1.54) is 34.4 Å². The molecule has 0 fully saturated rings. The molecular weight excluding hydrogens is 402 g/mol. The molecule has 0 aliphatic heterocycles. The van der Waals surface area contributed by atoms with E-state index in [4.69, 9.17) is 5.10 Å². The predicted molar refractivity (Wildman–Crippen MR) is 117 cm³/mol. The molecule has 152 valence electrons. The van der Waals surface area contributed by atoms with Gasteiger partial charge in [0.1, 0.15) is 5.01 Å². The molecule has 0 bridgehead atoms. The molecule has 0 saturated carbocycles. The number of hydrogen-bond acceptors (Lipinski definition) is 6. The number of nitrogens with zero attached hydrogens (tertiary/aromatic N) is 4. The highest BCUT2D eigenvalue weighted by Crippen LogP contribution is 2.41. The van der Waals surface area contributed by atoms with Crippen LogP contribution in [0, 0.1) is 19.3 Å². The number of aromatic nitrogens is 4. The van der Waals surface area contributed by atoms with Crippen LogP contribution in [0.2, 0.25) is 0 Å². The predicted octanol–water partition coefficient (Wildman–Crippen LogP) is 4.26. The van der Waals surface area contributed by atoms with Crippen molar-refractivity contribution in [3.8, 4) is 5.69 Å². The van der Waals surface area contributed by atoms with Gasteiger partial charge < -0.3 is 5.32 Å². The Morgan fingerprint density at radius 1 is 1.31 bits per heavy atom. The molecule has 1 aliphatic carbocycles. The van der Waals surface area contributed by atoms with Gasteiger partial charge in [0.25, 0.3) is 0 Å². The number of amides is 1. The normalized spacial score (nSPS) is 17.7. The highest BCUT2D eigenvalue weighted by molar-refractivity contribution is 8.01. The minimum absolute atomic E-state index is 0.0140. The van der Waals surface area contributed by atoms with Crippen molar-refractivity contribution in [3.63, 3.8) is 0 Å². The summed E-state index contributed by atoms with van der Waals surface area (Å²) < 4.78 is 2.87. The zero-order valence-electron chi connectivity index (χ0n) is 17.1. The van der Waals surface area contributed by atoms with Crippen molar-refractivity contribution in [1.29, 1.82) is 0 Å². The second kappa shape index (κ2) is 7.91. The Hall–Kier alpha value is -2.19. The minimum Gasteiger partial charge on any atom is -0.348 e. The topological polar surface area (TPSA) is 72.7 Å². The van der Waals surface area contributed by atoms with Crippen molar-refractivity contribution >= 4 is 29.0 Å². The molecule has 2 aromatic heterocycles. The molecule has 0 unspecified atom stereocenters. The third-order valence-corrected chi connectivity index (χ3v) is 7.16. The van der Waals surface area contributed by atoms with E-state index >= 15 is 0 Å². The highest BCUT2D eigenvalue weighted by atomic mass is 32.2. The van der Waals surface area contributed by atoms with Crippen molar-refractivity contribution < 1.29 is 4.79 Å². The summed E-state index contributed by atoms with van der Waals surface area (Å²) in [6.07, 6.45) is 3.75. The quantitative estimate of drug-likeness (QED) is 0.616. The van der Waals surface area contributed by atoms with Gasteiger partial charge in [-0.3, -0.25) is 4.79 Å². The van der Waals surface area contributed by atoms with Crippen LogP contribution in [0.15, 0.2) is 34.8 Å². The van der Waals surface area contributed by atoms with Gasteiger partial charge in [0, 0.05) is 5.56 Å². The summed E-state index contributed by atoms with van der Waals surface area (Å²) >= 11 is 2.95. The average molecular weight is 428 g/mol. The largest absolute Gasteiger partial charge is 0.348 e. The number of aryl methyl sites for hydroxylation is 2. The van der Waals surface area contributed by atoms with Crippen LogP contribution in [0.25, 0.3) is 5.69 Å². The third kappa shape index (κ3) is 4.38. The molecule has 0 saturated heterocycles. The number of para-hydroxylation sites is 1. The number of rotatable bonds is 5. The van der Waals surface area contributed by atoms with E-state index in [9.17, 15) is 4.79 Å². The van der Waals surface area contributed by atoms with Crippen LogP contribution >= 0.6 is 23.1 Å². The van der Waals surface area contributed by atoms with Crippen molar-refractivity contribution in [1.82, 2.24) is 25.3 Å². The first-order valence-electron chi connectivity index (χ1n) is 9.67. The second-order valence-electron chi connectivity index (χ2n) is 8.29. The van der Waals surface area contributed by atoms with Gasteiger partial charge in [-0.05, 0) is 43.7 Å². The standard InChI is InChI=1S/C21H25N5OS2/c1-13-7-5-6-8-17(13)26-18-10-21(3,4)9-16(15(18)11-22-26)23-19(27)12-28-20-25-24-14(2)29-20/h5-8,11,16H,9-10,12H2,1-4H3,(H,23,27)/t16-/m1/s1. The summed E-state index contributed by atoms with van der Waals surface area (Å²) in [5, 5.41) is 16.9. The van der Waals surface area contributed by atoms with Crippen LogP contribution in [-0.2, 0) is 11.2 Å². The molecule has 8 heteroatoms. The first-order chi connectivity index (χ1) is 13.8. The number of nitrogens with one attached hydrogen (secondary N) is 1. The third-order valence-electron chi connectivity index (χ3n) is 5.19. The highest BCUT2D eigenvalue weighted by Gasteiger charge is 2.36. The van der Waals surface area contributed by atoms with Crippen LogP contribution in [-0.4, -0.2) is 31.6 Å². The fourth-order valence-electron chi connectivity index (χ4n) is 3.88. The van der Waals surface area contributed by atoms with Crippen LogP contribution in [0.3, 0.4) is 0 Å². The number of thioether (sulfide) groups is 1. The Kier molecular flexibility index (Phi) is 5.48. The van der Waals surface area contributed by atoms with Crippen molar-refractivity contribution in [3.05, 3.63) is 52.3 Å². The number of hydrogen-bond donors (Lipinski definition) is 1. The molecule has 3 aromatic rings. The molecule has 4 rings (SSSR count). The molecular formula is C21H25N5OS2. The second-order valence-corrected chi connectivity index (χ2v) is 10.7. The Morgan fingerprint density at radius 2 is 2.10 bits per heavy atom. The maximum atomic E-state index is 12.6. The van der Waals surface area contributed by atoms with Gasteiger partial charge in [0.05, 0.1) is 29.4 Å². The summed E-state index contributed by atoms with van der Waals surface area (Å²) in [5.41, 5.74) is 4.67. The lowest BCUT2D eigenvalue weighted by atomic mass is 9.74. The van der Waals surface area contributed by atoms with Gasteiger partial charge in [0.15, 0.2) is 4.34 Å². The number of carbonyl (C=O) groups excluding carboxylic acids is 1. The van der Waals surface area contributed by atoms with E-state index in [0.717, 1.165) is 33.4 Å². The summed E-state index contributed by atoms with van der Waals surface area (Å²) in [6.45, 7) is 8.52. The Balaban J connectivity index is 1.55. The number of carbonyl (C=O) groups is 1. The molecule has 1 aliphatic rings. The van der Waals surface area contributed by atoms with Crippen molar-refractivity contribution in [2.45, 2.75) is 50.9 Å². The van der Waals surface area contributed by atoms with Gasteiger partial charge in [-0.15, -0.1) is 10.2 Å². The lowest BCUT2D eigenvalue weighted by Crippen LogP contribution is -2.37. The molecule has 1 aromatic carbocycles. The molecule has 1 amide bonds. The van der Waals surface area contributed by atoms with E-state index in [1.807, 2.05) is 29.9 Å². The average Bonchev–Trinajstić information content (AvgIpc) is 3.26. The van der Waals surface area contributed by atoms with E-state index in [0.29, 0.717) is 5.75 Å². The van der Waals surface area contributed by atoms with E-state index in [2.05, 4.69) is 48.4 Å². The van der Waals surface area contributed by atoms with Crippen LogP contribution < -0.4 is 5.32 Å². The van der Waals surface area contributed by atoms with E-state index in [1.54, 1.807) is 0 Å². The molecule has 6 nitrogen and oxygen atoms in total. The van der Waals surface area contributed by atoms with Gasteiger partial charge in [0.2, 0.25) is 5.91 Å². The fourth-order valence-corrected chi connectivity index (χ4v) is 5.51. The monoisotopic (exact) mass is 427 g/mol. The maximum absolute atomic E-state index is 12.6. The van der Waals surface area contributed by atoms with Crippen molar-refractivity contribution in [2.24, 2.45) is 5.41 Å². The van der Waals surface area contributed by atoms with E-state index in [-0.39, 0.29) is 17.4 Å². The molecule has 2 heterocycles. The Labute approximate surface area is 179 Å². The SMILES string of the molecule is Cc1nnc(SCC(=O)N[C@@H]2CC(C)(C)Cc3c2cnn3-c2ccccc2C)s1. The van der Waals surface area contributed by atoms with Gasteiger partial charge in [-0.2, -0.15) is 5.10 Å². The summed E-state index contributed by atoms with van der Waals surface area (Å²) in [5.74, 6) is 0.354. The van der Waals surface area contributed by atoms with Crippen LogP contribution in [0.1, 0.15) is 48.1 Å². The van der Waals surface area contributed by atoms with Gasteiger partial charge in [-0.1, -0.05) is 55.1 Å². The van der Waals surface area contributed by atoms with Crippen molar-refractivity contribution in [2.75, 3.05) is 5.75 Å². The molecule has 29 heavy (non-hydrogen) atoms. The molecule has 0 spiro atoms. The minimum atomic E-state index is -0.0317. The van der Waals surface area contributed by atoms with Gasteiger partial charge >= 0.3 is 0 Å². The summed E-state index contributed by atoms with van der Waals surface area (Å²) in [7, 11) is 0. The fraction of sp³-hybridized carbons (Fsp3) is 0.429. The van der Waals surface area contributed by atoms with Crippen LogP contribution in [0.5, 0.6) is 0 Å². The molecule has 1 atom stereocenters. The summed E-state index contributed by atoms with van der Waals surface area (Å²) in [6, 6.07) is 8.24. The zero-order chi connectivity index (χ0) is 20.6. The number of benzene rings is 1. The lowest BCUT2D eigenvalue weighted by Gasteiger charge is -2.36. The molecule has 1 N–H and O–H groups in total.